The molecule has 3 rings (SSSR count). The van der Waals surface area contributed by atoms with Crippen molar-refractivity contribution in [3.63, 3.8) is 0 Å². The Morgan fingerprint density at radius 2 is 2.30 bits per heavy atom. The summed E-state index contributed by atoms with van der Waals surface area (Å²) >= 11 is 1.72. The lowest BCUT2D eigenvalue weighted by Crippen LogP contribution is -2.39. The first-order valence-corrected chi connectivity index (χ1v) is 8.92. The van der Waals surface area contributed by atoms with Gasteiger partial charge in [0.1, 0.15) is 0 Å². The zero-order valence-corrected chi connectivity index (χ0v) is 13.1. The first kappa shape index (κ1) is 13.8. The fraction of sp³-hybridized carbons (Fsp3) is 0.462. The Balaban J connectivity index is 2.02. The van der Waals surface area contributed by atoms with Gasteiger partial charge in [-0.3, -0.25) is 0 Å². The van der Waals surface area contributed by atoms with Crippen molar-refractivity contribution in [1.29, 1.82) is 0 Å². The monoisotopic (exact) mass is 311 g/mol. The molecule has 7 heteroatoms. The summed E-state index contributed by atoms with van der Waals surface area (Å²) in [6.45, 7) is 2.56. The molecule has 0 N–H and O–H groups in total. The second-order valence-electron chi connectivity index (χ2n) is 4.97. The maximum atomic E-state index is 12.8. The molecule has 0 radical (unpaired) electrons. The summed E-state index contributed by atoms with van der Waals surface area (Å²) in [5.41, 5.74) is 1.16. The van der Waals surface area contributed by atoms with Crippen LogP contribution in [-0.4, -0.2) is 28.8 Å². The van der Waals surface area contributed by atoms with E-state index in [0.717, 1.165) is 18.4 Å². The van der Waals surface area contributed by atoms with Crippen LogP contribution in [0.4, 0.5) is 0 Å². The third-order valence-electron chi connectivity index (χ3n) is 3.69. The van der Waals surface area contributed by atoms with E-state index < -0.39 is 10.0 Å². The highest BCUT2D eigenvalue weighted by Crippen LogP contribution is 2.38. The number of rotatable bonds is 3. The normalized spacial score (nSPS) is 20.0. The molecule has 5 nitrogen and oxygen atoms in total. The minimum Gasteiger partial charge on any atom is -0.339 e. The van der Waals surface area contributed by atoms with E-state index in [4.69, 9.17) is 0 Å². The average Bonchev–Trinajstić information content (AvgIpc) is 3.05. The SMILES string of the molecule is CC[C@@H]1c2ccsc2CCN1S(=O)(=O)c1cn(C)cn1. The molecular weight excluding hydrogens is 294 g/mol. The second-order valence-corrected chi connectivity index (χ2v) is 7.80. The van der Waals surface area contributed by atoms with Gasteiger partial charge in [0.2, 0.25) is 0 Å². The molecule has 1 atom stereocenters. The Morgan fingerprint density at radius 3 is 2.95 bits per heavy atom. The van der Waals surface area contributed by atoms with Gasteiger partial charge in [0.15, 0.2) is 5.03 Å². The molecule has 0 bridgehead atoms. The van der Waals surface area contributed by atoms with Gasteiger partial charge in [-0.1, -0.05) is 6.92 Å². The van der Waals surface area contributed by atoms with Crippen LogP contribution in [0.1, 0.15) is 29.8 Å². The van der Waals surface area contributed by atoms with Crippen LogP contribution in [0.15, 0.2) is 29.0 Å². The first-order chi connectivity index (χ1) is 9.54. The molecule has 2 aromatic heterocycles. The van der Waals surface area contributed by atoms with Crippen molar-refractivity contribution < 1.29 is 8.42 Å². The molecule has 0 saturated carbocycles. The molecule has 3 heterocycles. The number of hydrogen-bond acceptors (Lipinski definition) is 4. The number of aromatic nitrogens is 2. The molecule has 0 fully saturated rings. The van der Waals surface area contributed by atoms with Crippen molar-refractivity contribution >= 4 is 21.4 Å². The lowest BCUT2D eigenvalue weighted by Gasteiger charge is -2.33. The molecule has 0 unspecified atom stereocenters. The van der Waals surface area contributed by atoms with Gasteiger partial charge in [-0.25, -0.2) is 13.4 Å². The molecule has 0 aromatic carbocycles. The summed E-state index contributed by atoms with van der Waals surface area (Å²) in [6, 6.07) is 1.98. The Kier molecular flexibility index (Phi) is 3.43. The Morgan fingerprint density at radius 1 is 1.50 bits per heavy atom. The summed E-state index contributed by atoms with van der Waals surface area (Å²) < 4.78 is 28.8. The smallest absolute Gasteiger partial charge is 0.262 e. The zero-order chi connectivity index (χ0) is 14.3. The summed E-state index contributed by atoms with van der Waals surface area (Å²) in [5, 5.41) is 2.18. The van der Waals surface area contributed by atoms with Crippen molar-refractivity contribution in [3.05, 3.63) is 34.4 Å². The van der Waals surface area contributed by atoms with Crippen LogP contribution in [0.2, 0.25) is 0 Å². The third kappa shape index (κ3) is 2.10. The van der Waals surface area contributed by atoms with Crippen LogP contribution in [0.3, 0.4) is 0 Å². The number of thiophene rings is 1. The molecule has 1 aliphatic heterocycles. The number of imidazole rings is 1. The van der Waals surface area contributed by atoms with E-state index in [0.29, 0.717) is 6.54 Å². The van der Waals surface area contributed by atoms with Crippen LogP contribution in [0, 0.1) is 0 Å². The predicted octanol–water partition coefficient (Wildman–Crippen LogP) is 2.18. The van der Waals surface area contributed by atoms with Crippen molar-refractivity contribution in [1.82, 2.24) is 13.9 Å². The van der Waals surface area contributed by atoms with E-state index in [-0.39, 0.29) is 11.1 Å². The van der Waals surface area contributed by atoms with E-state index in [9.17, 15) is 8.42 Å². The summed E-state index contributed by atoms with van der Waals surface area (Å²) in [5.74, 6) is 0. The van der Waals surface area contributed by atoms with Crippen LogP contribution in [0.25, 0.3) is 0 Å². The standard InChI is InChI=1S/C13H17N3O2S2/c1-3-11-10-5-7-19-12(10)4-6-16(11)20(17,18)13-8-15(2)9-14-13/h5,7-9,11H,3-4,6H2,1-2H3/t11-/m1/s1. The minimum absolute atomic E-state index is 0.0722. The highest BCUT2D eigenvalue weighted by Gasteiger charge is 2.36. The van der Waals surface area contributed by atoms with E-state index >= 15 is 0 Å². The number of sulfonamides is 1. The Hall–Kier alpha value is -1.18. The van der Waals surface area contributed by atoms with Gasteiger partial charge in [-0.2, -0.15) is 4.31 Å². The van der Waals surface area contributed by atoms with Gasteiger partial charge >= 0.3 is 0 Å². The fourth-order valence-corrected chi connectivity index (χ4v) is 5.30. The summed E-state index contributed by atoms with van der Waals surface area (Å²) in [4.78, 5) is 5.32. The third-order valence-corrected chi connectivity index (χ3v) is 6.48. The van der Waals surface area contributed by atoms with E-state index in [1.54, 1.807) is 33.5 Å². The quantitative estimate of drug-likeness (QED) is 0.873. The molecule has 0 aliphatic carbocycles. The topological polar surface area (TPSA) is 55.2 Å². The Bertz CT molecular complexity index is 718. The fourth-order valence-electron chi connectivity index (χ4n) is 2.73. The van der Waals surface area contributed by atoms with Gasteiger partial charge < -0.3 is 4.57 Å². The van der Waals surface area contributed by atoms with Gasteiger partial charge in [-0.15, -0.1) is 11.3 Å². The lowest BCUT2D eigenvalue weighted by atomic mass is 10.0. The van der Waals surface area contributed by atoms with Crippen molar-refractivity contribution in [2.45, 2.75) is 30.8 Å². The molecule has 2 aromatic rings. The average molecular weight is 311 g/mol. The zero-order valence-electron chi connectivity index (χ0n) is 11.5. The predicted molar refractivity (Wildman–Crippen MR) is 78.2 cm³/mol. The lowest BCUT2D eigenvalue weighted by molar-refractivity contribution is 0.302. The molecule has 0 spiro atoms. The highest BCUT2D eigenvalue weighted by molar-refractivity contribution is 7.89. The van der Waals surface area contributed by atoms with Gasteiger partial charge in [0, 0.05) is 24.7 Å². The number of fused-ring (bicyclic) bond motifs is 1. The summed E-state index contributed by atoms with van der Waals surface area (Å²) in [7, 11) is -1.74. The molecule has 108 valence electrons. The van der Waals surface area contributed by atoms with Crippen molar-refractivity contribution in [2.75, 3.05) is 6.54 Å². The van der Waals surface area contributed by atoms with Crippen molar-refractivity contribution in [3.8, 4) is 0 Å². The second kappa shape index (κ2) is 4.98. The number of hydrogen-bond donors (Lipinski definition) is 0. The van der Waals surface area contributed by atoms with Crippen LogP contribution in [-0.2, 0) is 23.5 Å². The maximum absolute atomic E-state index is 12.8. The highest BCUT2D eigenvalue weighted by atomic mass is 32.2. The number of aryl methyl sites for hydroxylation is 1. The molecule has 0 amide bonds. The Labute approximate surface area is 122 Å². The van der Waals surface area contributed by atoms with E-state index in [1.807, 2.05) is 18.4 Å². The summed E-state index contributed by atoms with van der Waals surface area (Å²) in [6.07, 6.45) is 4.64. The van der Waals surface area contributed by atoms with Gasteiger partial charge in [0.05, 0.1) is 12.4 Å². The van der Waals surface area contributed by atoms with Gasteiger partial charge in [-0.05, 0) is 29.9 Å². The minimum atomic E-state index is -3.52. The largest absolute Gasteiger partial charge is 0.339 e. The first-order valence-electron chi connectivity index (χ1n) is 6.60. The number of nitrogens with zero attached hydrogens (tertiary/aromatic N) is 3. The van der Waals surface area contributed by atoms with Crippen molar-refractivity contribution in [2.24, 2.45) is 7.05 Å². The van der Waals surface area contributed by atoms with Crippen LogP contribution >= 0.6 is 11.3 Å². The van der Waals surface area contributed by atoms with E-state index in [1.165, 1.54) is 11.2 Å². The van der Waals surface area contributed by atoms with Crippen LogP contribution in [0.5, 0.6) is 0 Å². The maximum Gasteiger partial charge on any atom is 0.262 e. The molecular formula is C13H17N3O2S2. The van der Waals surface area contributed by atoms with Crippen LogP contribution < -0.4 is 0 Å². The van der Waals surface area contributed by atoms with Gasteiger partial charge in [0.25, 0.3) is 10.0 Å². The van der Waals surface area contributed by atoms with E-state index in [2.05, 4.69) is 4.98 Å². The molecule has 20 heavy (non-hydrogen) atoms. The molecule has 1 aliphatic rings. The molecule has 0 saturated heterocycles.